The molecule has 1 aromatic carbocycles. The molecule has 120 valence electrons. The number of anilines is 1. The number of piperidine rings is 1. The van der Waals surface area contributed by atoms with E-state index in [1.165, 1.54) is 0 Å². The lowest BCUT2D eigenvalue weighted by Gasteiger charge is -2.31. The quantitative estimate of drug-likeness (QED) is 0.855. The van der Waals surface area contributed by atoms with Gasteiger partial charge in [0.15, 0.2) is 0 Å². The van der Waals surface area contributed by atoms with Crippen molar-refractivity contribution in [1.82, 2.24) is 15.4 Å². The number of hydroxylamine groups is 1. The van der Waals surface area contributed by atoms with Crippen molar-refractivity contribution < 1.29 is 9.63 Å². The van der Waals surface area contributed by atoms with Crippen LogP contribution in [-0.2, 0) is 16.2 Å². The van der Waals surface area contributed by atoms with E-state index in [-0.39, 0.29) is 11.8 Å². The normalized spacial score (nSPS) is 17.7. The molecule has 1 saturated heterocycles. The highest BCUT2D eigenvalue weighted by atomic mass is 16.6. The molecule has 1 atom stereocenters. The van der Waals surface area contributed by atoms with Gasteiger partial charge in [0.25, 0.3) is 0 Å². The van der Waals surface area contributed by atoms with Crippen LogP contribution in [0.1, 0.15) is 18.4 Å². The van der Waals surface area contributed by atoms with Gasteiger partial charge in [-0.2, -0.15) is 0 Å². The van der Waals surface area contributed by atoms with Crippen molar-refractivity contribution in [2.45, 2.75) is 19.4 Å². The third-order valence-electron chi connectivity index (χ3n) is 3.88. The van der Waals surface area contributed by atoms with Crippen LogP contribution in [0.5, 0.6) is 0 Å². The highest BCUT2D eigenvalue weighted by Gasteiger charge is 2.27. The van der Waals surface area contributed by atoms with Crippen molar-refractivity contribution in [2.75, 3.05) is 18.0 Å². The maximum absolute atomic E-state index is 12.3. The third-order valence-corrected chi connectivity index (χ3v) is 3.88. The largest absolute Gasteiger partial charge is 0.340 e. The summed E-state index contributed by atoms with van der Waals surface area (Å²) in [6.07, 6.45) is 5.23. The molecule has 0 bridgehead atoms. The summed E-state index contributed by atoms with van der Waals surface area (Å²) in [6.45, 7) is 1.86. The first-order valence-electron chi connectivity index (χ1n) is 7.80. The molecule has 1 N–H and O–H groups in total. The molecule has 1 aliphatic rings. The van der Waals surface area contributed by atoms with Gasteiger partial charge in [0.05, 0.1) is 12.5 Å². The van der Waals surface area contributed by atoms with Crippen molar-refractivity contribution in [3.63, 3.8) is 0 Å². The Morgan fingerprint density at radius 3 is 2.78 bits per heavy atom. The van der Waals surface area contributed by atoms with Crippen molar-refractivity contribution in [3.8, 4) is 0 Å². The molecule has 1 unspecified atom stereocenters. The number of rotatable bonds is 5. The zero-order valence-electron chi connectivity index (χ0n) is 12.9. The summed E-state index contributed by atoms with van der Waals surface area (Å²) in [6, 6.07) is 11.5. The Labute approximate surface area is 135 Å². The van der Waals surface area contributed by atoms with E-state index < -0.39 is 0 Å². The van der Waals surface area contributed by atoms with E-state index in [0.29, 0.717) is 19.1 Å². The molecule has 0 spiro atoms. The van der Waals surface area contributed by atoms with Crippen LogP contribution in [0.15, 0.2) is 48.8 Å². The molecular weight excluding hydrogens is 292 g/mol. The second-order valence-corrected chi connectivity index (χ2v) is 5.57. The van der Waals surface area contributed by atoms with E-state index in [0.717, 1.165) is 24.9 Å². The Morgan fingerprint density at radius 2 is 2.00 bits per heavy atom. The van der Waals surface area contributed by atoms with Crippen molar-refractivity contribution in [3.05, 3.63) is 54.4 Å². The van der Waals surface area contributed by atoms with E-state index in [2.05, 4.69) is 15.4 Å². The van der Waals surface area contributed by atoms with Crippen LogP contribution in [0.2, 0.25) is 0 Å². The van der Waals surface area contributed by atoms with Gasteiger partial charge in [-0.05, 0) is 24.5 Å². The molecular formula is C17H20N4O2. The van der Waals surface area contributed by atoms with Gasteiger partial charge in [0, 0.05) is 25.5 Å². The first-order chi connectivity index (χ1) is 11.3. The van der Waals surface area contributed by atoms with Crippen LogP contribution in [0, 0.1) is 5.92 Å². The molecule has 1 aliphatic heterocycles. The average Bonchev–Trinajstić information content (AvgIpc) is 2.63. The summed E-state index contributed by atoms with van der Waals surface area (Å²) in [5.74, 6) is 0.486. The highest BCUT2D eigenvalue weighted by molar-refractivity contribution is 5.78. The number of hydrogen-bond acceptors (Lipinski definition) is 5. The molecule has 2 aromatic rings. The topological polar surface area (TPSA) is 67.3 Å². The van der Waals surface area contributed by atoms with Crippen LogP contribution >= 0.6 is 0 Å². The molecule has 6 nitrogen and oxygen atoms in total. The van der Waals surface area contributed by atoms with Gasteiger partial charge >= 0.3 is 0 Å². The van der Waals surface area contributed by atoms with E-state index in [4.69, 9.17) is 4.84 Å². The molecule has 1 aromatic heterocycles. The highest BCUT2D eigenvalue weighted by Crippen LogP contribution is 2.20. The van der Waals surface area contributed by atoms with Gasteiger partial charge in [-0.25, -0.2) is 15.4 Å². The molecule has 6 heteroatoms. The first kappa shape index (κ1) is 15.4. The maximum Gasteiger partial charge on any atom is 0.248 e. The van der Waals surface area contributed by atoms with Crippen molar-refractivity contribution in [1.29, 1.82) is 0 Å². The van der Waals surface area contributed by atoms with Crippen LogP contribution in [-0.4, -0.2) is 29.0 Å². The Hall–Kier alpha value is -2.47. The van der Waals surface area contributed by atoms with Gasteiger partial charge in [-0.15, -0.1) is 0 Å². The fraction of sp³-hybridized carbons (Fsp3) is 0.353. The number of benzene rings is 1. The van der Waals surface area contributed by atoms with Crippen molar-refractivity contribution in [2.24, 2.45) is 5.92 Å². The molecule has 2 heterocycles. The van der Waals surface area contributed by atoms with Crippen LogP contribution in [0.4, 0.5) is 5.95 Å². The summed E-state index contributed by atoms with van der Waals surface area (Å²) in [7, 11) is 0. The molecule has 0 saturated carbocycles. The summed E-state index contributed by atoms with van der Waals surface area (Å²) in [4.78, 5) is 28.1. The molecule has 3 rings (SSSR count). The number of amides is 1. The second kappa shape index (κ2) is 7.69. The van der Waals surface area contributed by atoms with E-state index in [1.54, 1.807) is 18.5 Å². The minimum Gasteiger partial charge on any atom is -0.340 e. The lowest BCUT2D eigenvalue weighted by atomic mass is 9.98. The molecule has 1 fully saturated rings. The van der Waals surface area contributed by atoms with Crippen molar-refractivity contribution >= 4 is 11.9 Å². The second-order valence-electron chi connectivity index (χ2n) is 5.57. The lowest BCUT2D eigenvalue weighted by molar-refractivity contribution is -0.139. The predicted molar refractivity (Wildman–Crippen MR) is 86.3 cm³/mol. The summed E-state index contributed by atoms with van der Waals surface area (Å²) in [5, 5.41) is 0. The summed E-state index contributed by atoms with van der Waals surface area (Å²) >= 11 is 0. The van der Waals surface area contributed by atoms with Gasteiger partial charge in [0.2, 0.25) is 11.9 Å². The SMILES string of the molecule is O=C(NOCc1ccccc1)C1CCCN(c2ncccn2)C1. The Morgan fingerprint density at radius 1 is 1.22 bits per heavy atom. The van der Waals surface area contributed by atoms with Gasteiger partial charge in [-0.3, -0.25) is 9.63 Å². The minimum absolute atomic E-state index is 0.0819. The van der Waals surface area contributed by atoms with Crippen LogP contribution in [0.25, 0.3) is 0 Å². The summed E-state index contributed by atoms with van der Waals surface area (Å²) < 4.78 is 0. The lowest BCUT2D eigenvalue weighted by Crippen LogP contribution is -2.43. The third kappa shape index (κ3) is 4.26. The van der Waals surface area contributed by atoms with Gasteiger partial charge < -0.3 is 4.90 Å². The number of nitrogens with one attached hydrogen (secondary N) is 1. The monoisotopic (exact) mass is 312 g/mol. The van der Waals surface area contributed by atoms with Gasteiger partial charge in [-0.1, -0.05) is 30.3 Å². The maximum atomic E-state index is 12.3. The van der Waals surface area contributed by atoms with Gasteiger partial charge in [0.1, 0.15) is 0 Å². The fourth-order valence-electron chi connectivity index (χ4n) is 2.68. The average molecular weight is 312 g/mol. The Balaban J connectivity index is 1.49. The molecule has 0 aliphatic carbocycles. The minimum atomic E-state index is -0.108. The summed E-state index contributed by atoms with van der Waals surface area (Å²) in [5.41, 5.74) is 3.59. The standard InChI is InChI=1S/C17H20N4O2/c22-16(20-23-13-14-6-2-1-3-7-14)15-8-4-11-21(12-15)17-18-9-5-10-19-17/h1-3,5-7,9-10,15H,4,8,11-13H2,(H,20,22). The number of nitrogens with zero attached hydrogens (tertiary/aromatic N) is 3. The zero-order chi connectivity index (χ0) is 15.9. The fourth-order valence-corrected chi connectivity index (χ4v) is 2.68. The zero-order valence-corrected chi connectivity index (χ0v) is 12.9. The molecule has 23 heavy (non-hydrogen) atoms. The molecule has 0 radical (unpaired) electrons. The predicted octanol–water partition coefficient (Wildman–Crippen LogP) is 1.94. The van der Waals surface area contributed by atoms with Crippen LogP contribution in [0.3, 0.4) is 0 Å². The number of carbonyl (C=O) groups is 1. The van der Waals surface area contributed by atoms with E-state index >= 15 is 0 Å². The Bertz CT molecular complexity index is 621. The number of carbonyl (C=O) groups excluding carboxylic acids is 1. The first-order valence-corrected chi connectivity index (χ1v) is 7.80. The van der Waals surface area contributed by atoms with E-state index in [1.807, 2.05) is 35.2 Å². The number of aromatic nitrogens is 2. The number of hydrogen-bond donors (Lipinski definition) is 1. The Kier molecular flexibility index (Phi) is 5.16. The smallest absolute Gasteiger partial charge is 0.248 e. The van der Waals surface area contributed by atoms with E-state index in [9.17, 15) is 4.79 Å². The van der Waals surface area contributed by atoms with Crippen LogP contribution < -0.4 is 10.4 Å². The molecule has 1 amide bonds.